The standard InChI is InChI=1S/C20H38O9Si/c1-17(2,3)30(8,9)29-14-12-13(15-20(22,10-21)16(14)26-11-25-15)28-19(5,24-7)18(4,23-6)27-12/h12-16,21-22H,10-11H2,1-9H3/t12-,13-,14+,15-,16+,18-,19-,20-/m0/s1. The van der Waals surface area contributed by atoms with Crippen molar-refractivity contribution in [2.45, 2.75) is 100 Å². The molecule has 9 nitrogen and oxygen atoms in total. The quantitative estimate of drug-likeness (QED) is 0.601. The summed E-state index contributed by atoms with van der Waals surface area (Å²) in [7, 11) is 0.697. The number of aliphatic hydroxyl groups excluding tert-OH is 1. The first-order valence-electron chi connectivity index (χ1n) is 10.4. The van der Waals surface area contributed by atoms with E-state index in [4.69, 9.17) is 32.8 Å². The molecule has 3 rings (SSSR count). The van der Waals surface area contributed by atoms with Gasteiger partial charge in [0.2, 0.25) is 11.6 Å². The van der Waals surface area contributed by atoms with E-state index in [1.54, 1.807) is 13.8 Å². The molecule has 0 radical (unpaired) electrons. The Balaban J connectivity index is 2.08. The molecule has 10 heteroatoms. The fourth-order valence-corrected chi connectivity index (χ4v) is 5.51. The van der Waals surface area contributed by atoms with Gasteiger partial charge in [0.05, 0.1) is 6.61 Å². The van der Waals surface area contributed by atoms with Crippen LogP contribution in [-0.4, -0.2) is 93.8 Å². The lowest BCUT2D eigenvalue weighted by Gasteiger charge is -2.63. The fraction of sp³-hybridized carbons (Fsp3) is 1.00. The van der Waals surface area contributed by atoms with Gasteiger partial charge in [-0.2, -0.15) is 0 Å². The van der Waals surface area contributed by atoms with Crippen LogP contribution in [0.3, 0.4) is 0 Å². The monoisotopic (exact) mass is 450 g/mol. The molecule has 2 saturated heterocycles. The van der Waals surface area contributed by atoms with Crippen molar-refractivity contribution in [2.24, 2.45) is 0 Å². The maximum Gasteiger partial charge on any atom is 0.220 e. The topological polar surface area (TPSA) is 105 Å². The maximum atomic E-state index is 11.4. The Kier molecular flexibility index (Phi) is 6.30. The van der Waals surface area contributed by atoms with Crippen LogP contribution >= 0.6 is 0 Å². The second kappa shape index (κ2) is 7.72. The van der Waals surface area contributed by atoms with Crippen molar-refractivity contribution in [3.63, 3.8) is 0 Å². The van der Waals surface area contributed by atoms with Crippen LogP contribution in [0.1, 0.15) is 34.6 Å². The highest BCUT2D eigenvalue weighted by atomic mass is 28.4. The minimum absolute atomic E-state index is 0.0488. The summed E-state index contributed by atoms with van der Waals surface area (Å²) < 4.78 is 42.4. The number of hydrogen-bond donors (Lipinski definition) is 2. The van der Waals surface area contributed by atoms with Crippen molar-refractivity contribution >= 4 is 8.32 Å². The zero-order chi connectivity index (χ0) is 22.8. The van der Waals surface area contributed by atoms with Gasteiger partial charge in [-0.3, -0.25) is 0 Å². The molecule has 176 valence electrons. The van der Waals surface area contributed by atoms with Crippen molar-refractivity contribution < 1.29 is 43.1 Å². The van der Waals surface area contributed by atoms with Gasteiger partial charge in [0.25, 0.3) is 0 Å². The Morgan fingerprint density at radius 2 is 1.47 bits per heavy atom. The first kappa shape index (κ1) is 24.5. The normalized spacial score (nSPS) is 47.1. The third-order valence-corrected chi connectivity index (χ3v) is 12.0. The van der Waals surface area contributed by atoms with Crippen molar-refractivity contribution in [1.82, 2.24) is 0 Å². The molecule has 0 aromatic carbocycles. The number of rotatable bonds is 5. The molecule has 2 bridgehead atoms. The zero-order valence-electron chi connectivity index (χ0n) is 19.6. The number of hydrogen-bond acceptors (Lipinski definition) is 9. The van der Waals surface area contributed by atoms with Crippen LogP contribution in [0.5, 0.6) is 0 Å². The summed E-state index contributed by atoms with van der Waals surface area (Å²) >= 11 is 0. The van der Waals surface area contributed by atoms with E-state index in [1.807, 2.05) is 0 Å². The molecule has 2 heterocycles. The zero-order valence-corrected chi connectivity index (χ0v) is 20.6. The van der Waals surface area contributed by atoms with E-state index in [-0.39, 0.29) is 11.8 Å². The summed E-state index contributed by atoms with van der Waals surface area (Å²) in [5, 5.41) is 21.5. The van der Waals surface area contributed by atoms with Crippen molar-refractivity contribution in [2.75, 3.05) is 27.6 Å². The van der Waals surface area contributed by atoms with Crippen LogP contribution in [0.25, 0.3) is 0 Å². The van der Waals surface area contributed by atoms with E-state index in [0.717, 1.165) is 0 Å². The predicted octanol–water partition coefficient (Wildman–Crippen LogP) is 1.36. The average molecular weight is 451 g/mol. The Labute approximate surface area is 180 Å². The van der Waals surface area contributed by atoms with Gasteiger partial charge in [-0.25, -0.2) is 0 Å². The summed E-state index contributed by atoms with van der Waals surface area (Å²) in [6.07, 6.45) is -3.89. The molecular weight excluding hydrogens is 412 g/mol. The molecule has 3 fully saturated rings. The van der Waals surface area contributed by atoms with E-state index >= 15 is 0 Å². The van der Waals surface area contributed by atoms with Gasteiger partial charge in [-0.15, -0.1) is 0 Å². The SMILES string of the molecule is CO[C@@]1(C)O[C@@H]2[C@@H](O[Si](C)(C)C(C)(C)C)[C@H]3OCO[C@@H]([C@H]2O[C@]1(C)OC)[C@@]3(O)CO. The summed E-state index contributed by atoms with van der Waals surface area (Å²) in [5.41, 5.74) is -1.72. The molecule has 0 spiro atoms. The molecule has 2 aliphatic heterocycles. The molecule has 30 heavy (non-hydrogen) atoms. The van der Waals surface area contributed by atoms with Crippen LogP contribution in [0, 0.1) is 0 Å². The molecule has 2 N–H and O–H groups in total. The number of aliphatic hydroxyl groups is 2. The molecule has 3 aliphatic rings. The number of methoxy groups -OCH3 is 2. The third kappa shape index (κ3) is 3.49. The van der Waals surface area contributed by atoms with E-state index in [1.165, 1.54) is 14.2 Å². The van der Waals surface area contributed by atoms with Gasteiger partial charge in [-0.05, 0) is 32.0 Å². The van der Waals surface area contributed by atoms with E-state index in [0.29, 0.717) is 0 Å². The maximum absolute atomic E-state index is 11.4. The van der Waals surface area contributed by atoms with Crippen LogP contribution in [0.2, 0.25) is 18.1 Å². The smallest absolute Gasteiger partial charge is 0.220 e. The fourth-order valence-electron chi connectivity index (χ4n) is 4.22. The van der Waals surface area contributed by atoms with Gasteiger partial charge in [0.1, 0.15) is 42.9 Å². The summed E-state index contributed by atoms with van der Waals surface area (Å²) in [5.74, 6) is -2.53. The minimum Gasteiger partial charge on any atom is -0.408 e. The molecule has 1 saturated carbocycles. The van der Waals surface area contributed by atoms with Crippen LogP contribution in [-0.2, 0) is 32.8 Å². The molecule has 1 aliphatic carbocycles. The average Bonchev–Trinajstić information content (AvgIpc) is 2.66. The van der Waals surface area contributed by atoms with Crippen molar-refractivity contribution in [3.8, 4) is 0 Å². The Morgan fingerprint density at radius 1 is 0.967 bits per heavy atom. The molecule has 0 amide bonds. The van der Waals surface area contributed by atoms with E-state index in [9.17, 15) is 10.2 Å². The Morgan fingerprint density at radius 3 is 1.93 bits per heavy atom. The summed E-state index contributed by atoms with van der Waals surface area (Å²) in [6, 6.07) is 0. The minimum atomic E-state index is -2.32. The third-order valence-electron chi connectivity index (χ3n) is 7.54. The molecule has 8 atom stereocenters. The second-order valence-electron chi connectivity index (χ2n) is 10.2. The van der Waals surface area contributed by atoms with Crippen molar-refractivity contribution in [1.29, 1.82) is 0 Å². The van der Waals surface area contributed by atoms with Crippen LogP contribution in [0.15, 0.2) is 0 Å². The largest absolute Gasteiger partial charge is 0.408 e. The summed E-state index contributed by atoms with van der Waals surface area (Å²) in [6.45, 7) is 13.4. The van der Waals surface area contributed by atoms with Gasteiger partial charge in [0.15, 0.2) is 8.32 Å². The lowest BCUT2D eigenvalue weighted by Crippen LogP contribution is -2.82. The van der Waals surface area contributed by atoms with Gasteiger partial charge in [0, 0.05) is 14.2 Å². The van der Waals surface area contributed by atoms with Crippen LogP contribution < -0.4 is 0 Å². The van der Waals surface area contributed by atoms with E-state index < -0.39 is 62.6 Å². The Hall–Kier alpha value is -0.143. The number of ether oxygens (including phenoxy) is 6. The molecule has 0 aromatic heterocycles. The van der Waals surface area contributed by atoms with Gasteiger partial charge in [-0.1, -0.05) is 20.8 Å². The first-order valence-corrected chi connectivity index (χ1v) is 13.3. The highest BCUT2D eigenvalue weighted by Crippen LogP contribution is 2.50. The molecule has 0 aromatic rings. The van der Waals surface area contributed by atoms with Crippen LogP contribution in [0.4, 0.5) is 0 Å². The lowest BCUT2D eigenvalue weighted by atomic mass is 9.73. The van der Waals surface area contributed by atoms with Gasteiger partial charge >= 0.3 is 0 Å². The molecule has 0 unspecified atom stereocenters. The first-order chi connectivity index (χ1) is 13.7. The highest BCUT2D eigenvalue weighted by molar-refractivity contribution is 6.74. The highest BCUT2D eigenvalue weighted by Gasteiger charge is 2.70. The summed E-state index contributed by atoms with van der Waals surface area (Å²) in [4.78, 5) is 0. The van der Waals surface area contributed by atoms with Gasteiger partial charge < -0.3 is 43.1 Å². The number of fused-ring (bicyclic) bond motifs is 4. The van der Waals surface area contributed by atoms with E-state index in [2.05, 4.69) is 33.9 Å². The van der Waals surface area contributed by atoms with Crippen molar-refractivity contribution in [3.05, 3.63) is 0 Å². The lowest BCUT2D eigenvalue weighted by molar-refractivity contribution is -0.487. The molecular formula is C20H38O9Si. The second-order valence-corrected chi connectivity index (χ2v) is 15.0. The Bertz CT molecular complexity index is 640. The predicted molar refractivity (Wildman–Crippen MR) is 109 cm³/mol.